The summed E-state index contributed by atoms with van der Waals surface area (Å²) in [4.78, 5) is 35.0. The van der Waals surface area contributed by atoms with Crippen molar-refractivity contribution >= 4 is 23.5 Å². The Hall–Kier alpha value is -3.75. The average molecular weight is 467 g/mol. The van der Waals surface area contributed by atoms with E-state index in [1.807, 2.05) is 41.3 Å². The van der Waals surface area contributed by atoms with Crippen LogP contribution in [0.2, 0.25) is 0 Å². The maximum absolute atomic E-state index is 13.1. The first kappa shape index (κ1) is 23.4. The van der Waals surface area contributed by atoms with Crippen LogP contribution in [-0.4, -0.2) is 69.7 Å². The lowest BCUT2D eigenvalue weighted by atomic mass is 9.90. The van der Waals surface area contributed by atoms with Crippen molar-refractivity contribution in [3.63, 3.8) is 0 Å². The molecule has 1 fully saturated rings. The number of anilines is 1. The van der Waals surface area contributed by atoms with Crippen molar-refractivity contribution < 1.29 is 23.8 Å². The molecule has 0 bridgehead atoms. The molecule has 0 saturated carbocycles. The van der Waals surface area contributed by atoms with Crippen molar-refractivity contribution in [2.24, 2.45) is 10.9 Å². The lowest BCUT2D eigenvalue weighted by Crippen LogP contribution is -2.57. The Morgan fingerprint density at radius 2 is 1.76 bits per heavy atom. The third-order valence-electron chi connectivity index (χ3n) is 6.09. The molecule has 2 aromatic rings. The van der Waals surface area contributed by atoms with Gasteiger partial charge < -0.3 is 24.0 Å². The number of carbonyl (C=O) groups is 2. The summed E-state index contributed by atoms with van der Waals surface area (Å²) in [5, 5.41) is 2.84. The summed E-state index contributed by atoms with van der Waals surface area (Å²) in [5.41, 5.74) is 1.76. The second-order valence-electron chi connectivity index (χ2n) is 8.03. The molecule has 1 saturated heterocycles. The van der Waals surface area contributed by atoms with Gasteiger partial charge in [0.25, 0.3) is 0 Å². The first-order valence-electron chi connectivity index (χ1n) is 11.4. The zero-order chi connectivity index (χ0) is 24.1. The van der Waals surface area contributed by atoms with Gasteiger partial charge in [0, 0.05) is 43.5 Å². The Bertz CT molecular complexity index is 1060. The molecule has 1 N–H and O–H groups in total. The van der Waals surface area contributed by atoms with Crippen LogP contribution in [0.4, 0.5) is 5.69 Å². The molecule has 1 amide bonds. The molecule has 0 aliphatic carbocycles. The molecular formula is C25H30N4O5. The molecule has 2 aliphatic heterocycles. The minimum Gasteiger partial charge on any atom is -0.497 e. The standard InChI is InChI=1S/C25H30N4O5/c1-4-34-24(31)21-22(19-10-5-6-11-20(19)33-3)26-25(27-23(21)30)29-14-12-28(13-15-29)17-8-7-9-18(16-17)32-2/h5-11,16,21-22H,4,12-15H2,1-3H3,(H,26,27,30)/t21-,22+/m0/s1. The van der Waals surface area contributed by atoms with Gasteiger partial charge in [-0.3, -0.25) is 14.9 Å². The fourth-order valence-corrected chi connectivity index (χ4v) is 4.34. The van der Waals surface area contributed by atoms with Gasteiger partial charge in [-0.1, -0.05) is 24.3 Å². The maximum atomic E-state index is 13.1. The number of amides is 1. The zero-order valence-corrected chi connectivity index (χ0v) is 19.7. The van der Waals surface area contributed by atoms with E-state index in [9.17, 15) is 9.59 Å². The highest BCUT2D eigenvalue weighted by Crippen LogP contribution is 2.36. The number of carbonyl (C=O) groups excluding carboxylic acids is 2. The lowest BCUT2D eigenvalue weighted by Gasteiger charge is -2.39. The van der Waals surface area contributed by atoms with Crippen LogP contribution in [0, 0.1) is 5.92 Å². The number of piperazine rings is 1. The number of para-hydroxylation sites is 1. The van der Waals surface area contributed by atoms with Crippen LogP contribution in [0.3, 0.4) is 0 Å². The first-order chi connectivity index (χ1) is 16.5. The van der Waals surface area contributed by atoms with E-state index >= 15 is 0 Å². The van der Waals surface area contributed by atoms with E-state index in [1.54, 1.807) is 27.2 Å². The van der Waals surface area contributed by atoms with Gasteiger partial charge in [0.05, 0.1) is 20.8 Å². The van der Waals surface area contributed by atoms with E-state index in [0.717, 1.165) is 24.5 Å². The molecule has 0 radical (unpaired) electrons. The van der Waals surface area contributed by atoms with Crippen LogP contribution in [0.5, 0.6) is 11.5 Å². The molecule has 180 valence electrons. The van der Waals surface area contributed by atoms with Gasteiger partial charge in [0.15, 0.2) is 5.92 Å². The fourth-order valence-electron chi connectivity index (χ4n) is 4.34. The molecule has 0 aromatic heterocycles. The molecule has 2 heterocycles. The smallest absolute Gasteiger partial charge is 0.321 e. The van der Waals surface area contributed by atoms with Crippen molar-refractivity contribution in [3.05, 3.63) is 54.1 Å². The predicted molar refractivity (Wildman–Crippen MR) is 128 cm³/mol. The highest BCUT2D eigenvalue weighted by molar-refractivity contribution is 6.08. The fraction of sp³-hybridized carbons (Fsp3) is 0.400. The second kappa shape index (κ2) is 10.5. The number of aliphatic imine (C=N–C) groups is 1. The minimum atomic E-state index is -1.09. The summed E-state index contributed by atoms with van der Waals surface area (Å²) in [7, 11) is 3.21. The number of ether oxygens (including phenoxy) is 3. The van der Waals surface area contributed by atoms with Crippen molar-refractivity contribution in [1.29, 1.82) is 0 Å². The van der Waals surface area contributed by atoms with Crippen molar-refractivity contribution in [3.8, 4) is 11.5 Å². The minimum absolute atomic E-state index is 0.185. The maximum Gasteiger partial charge on any atom is 0.321 e. The number of hydrogen-bond acceptors (Lipinski definition) is 8. The predicted octanol–water partition coefficient (Wildman–Crippen LogP) is 2.23. The van der Waals surface area contributed by atoms with Crippen LogP contribution in [0.1, 0.15) is 18.5 Å². The molecule has 0 unspecified atom stereocenters. The Morgan fingerprint density at radius 1 is 1.03 bits per heavy atom. The van der Waals surface area contributed by atoms with E-state index in [1.165, 1.54) is 0 Å². The van der Waals surface area contributed by atoms with Gasteiger partial charge in [-0.05, 0) is 25.1 Å². The molecule has 9 nitrogen and oxygen atoms in total. The lowest BCUT2D eigenvalue weighted by molar-refractivity contribution is -0.153. The number of guanidine groups is 1. The van der Waals surface area contributed by atoms with Crippen molar-refractivity contribution in [2.45, 2.75) is 13.0 Å². The summed E-state index contributed by atoms with van der Waals surface area (Å²) < 4.78 is 16.0. The van der Waals surface area contributed by atoms with E-state index < -0.39 is 23.8 Å². The molecule has 9 heteroatoms. The topological polar surface area (TPSA) is 92.7 Å². The van der Waals surface area contributed by atoms with Gasteiger partial charge in [-0.15, -0.1) is 0 Å². The molecule has 2 atom stereocenters. The van der Waals surface area contributed by atoms with E-state index in [0.29, 0.717) is 30.4 Å². The Morgan fingerprint density at radius 3 is 2.47 bits per heavy atom. The molecular weight excluding hydrogens is 436 g/mol. The summed E-state index contributed by atoms with van der Waals surface area (Å²) in [6.07, 6.45) is 0. The monoisotopic (exact) mass is 466 g/mol. The average Bonchev–Trinajstić information content (AvgIpc) is 2.88. The zero-order valence-electron chi connectivity index (χ0n) is 19.7. The SMILES string of the molecule is CCOC(=O)[C@@H]1C(=O)NC(N2CCN(c3cccc(OC)c3)CC2)=N[C@@H]1c1ccccc1OC. The number of esters is 1. The van der Waals surface area contributed by atoms with Gasteiger partial charge in [0.1, 0.15) is 17.5 Å². The Kier molecular flexibility index (Phi) is 7.20. The van der Waals surface area contributed by atoms with E-state index in [-0.39, 0.29) is 6.61 Å². The molecule has 34 heavy (non-hydrogen) atoms. The van der Waals surface area contributed by atoms with Crippen LogP contribution in [0.15, 0.2) is 53.5 Å². The number of nitrogens with one attached hydrogen (secondary N) is 1. The van der Waals surface area contributed by atoms with Crippen LogP contribution in [0.25, 0.3) is 0 Å². The van der Waals surface area contributed by atoms with Crippen LogP contribution >= 0.6 is 0 Å². The number of methoxy groups -OCH3 is 2. The summed E-state index contributed by atoms with van der Waals surface area (Å²) in [6, 6.07) is 14.5. The molecule has 2 aromatic carbocycles. The normalized spacial score (nSPS) is 20.3. The number of nitrogens with zero attached hydrogens (tertiary/aromatic N) is 3. The highest BCUT2D eigenvalue weighted by Gasteiger charge is 2.43. The largest absolute Gasteiger partial charge is 0.497 e. The van der Waals surface area contributed by atoms with E-state index in [4.69, 9.17) is 19.2 Å². The van der Waals surface area contributed by atoms with Crippen LogP contribution < -0.4 is 19.7 Å². The van der Waals surface area contributed by atoms with Crippen molar-refractivity contribution in [1.82, 2.24) is 10.2 Å². The highest BCUT2D eigenvalue weighted by atomic mass is 16.5. The quantitative estimate of drug-likeness (QED) is 0.516. The summed E-state index contributed by atoms with van der Waals surface area (Å²) >= 11 is 0. The third kappa shape index (κ3) is 4.78. The number of benzene rings is 2. The molecule has 4 rings (SSSR count). The van der Waals surface area contributed by atoms with E-state index in [2.05, 4.69) is 16.3 Å². The summed E-state index contributed by atoms with van der Waals surface area (Å²) in [6.45, 7) is 4.74. The number of hydrogen-bond donors (Lipinski definition) is 1. The van der Waals surface area contributed by atoms with Crippen molar-refractivity contribution in [2.75, 3.05) is 51.9 Å². The number of rotatable bonds is 6. The van der Waals surface area contributed by atoms with Gasteiger partial charge in [-0.25, -0.2) is 4.99 Å². The van der Waals surface area contributed by atoms with Crippen LogP contribution in [-0.2, 0) is 14.3 Å². The first-order valence-corrected chi connectivity index (χ1v) is 11.4. The van der Waals surface area contributed by atoms with Gasteiger partial charge in [-0.2, -0.15) is 0 Å². The third-order valence-corrected chi connectivity index (χ3v) is 6.09. The second-order valence-corrected chi connectivity index (χ2v) is 8.03. The molecule has 2 aliphatic rings. The summed E-state index contributed by atoms with van der Waals surface area (Å²) in [5.74, 6) is -0.253. The molecule has 0 spiro atoms. The van der Waals surface area contributed by atoms with Gasteiger partial charge in [0.2, 0.25) is 11.9 Å². The Balaban J connectivity index is 1.58. The Labute approximate surface area is 199 Å². The van der Waals surface area contributed by atoms with Gasteiger partial charge >= 0.3 is 5.97 Å².